The summed E-state index contributed by atoms with van der Waals surface area (Å²) in [7, 11) is 0. The van der Waals surface area contributed by atoms with Gasteiger partial charge in [0.05, 0.1) is 11.1 Å². The molecule has 1 aliphatic rings. The van der Waals surface area contributed by atoms with E-state index in [-0.39, 0.29) is 5.56 Å². The minimum absolute atomic E-state index is 0.124. The molecule has 8 nitrogen and oxygen atoms in total. The van der Waals surface area contributed by atoms with Crippen molar-refractivity contribution in [1.29, 1.82) is 0 Å². The number of allylic oxidation sites excluding steroid dienone is 2. The number of rotatable bonds is 5. The number of aromatic carboxylic acids is 2. The summed E-state index contributed by atoms with van der Waals surface area (Å²) in [6, 6.07) is 3.90. The van der Waals surface area contributed by atoms with Crippen LogP contribution in [0.4, 0.5) is 0 Å². The van der Waals surface area contributed by atoms with Gasteiger partial charge >= 0.3 is 23.9 Å². The highest BCUT2D eigenvalue weighted by Gasteiger charge is 2.43. The fourth-order valence-electron chi connectivity index (χ4n) is 2.48. The van der Waals surface area contributed by atoms with E-state index >= 15 is 0 Å². The van der Waals surface area contributed by atoms with E-state index in [1.165, 1.54) is 24.3 Å². The summed E-state index contributed by atoms with van der Waals surface area (Å²) in [5.74, 6) is -6.79. The molecule has 1 aliphatic carbocycles. The van der Waals surface area contributed by atoms with Crippen LogP contribution in [-0.2, 0) is 9.59 Å². The number of hydrogen-bond acceptors (Lipinski definition) is 4. The van der Waals surface area contributed by atoms with Gasteiger partial charge < -0.3 is 20.4 Å². The summed E-state index contributed by atoms with van der Waals surface area (Å²) in [5.41, 5.74) is -2.94. The molecule has 0 unspecified atom stereocenters. The Bertz CT molecular complexity index is 772. The quantitative estimate of drug-likeness (QED) is 0.467. The zero-order valence-electron chi connectivity index (χ0n) is 12.0. The van der Waals surface area contributed by atoms with E-state index in [1.807, 2.05) is 0 Å². The number of aliphatic carboxylic acids is 2. The van der Waals surface area contributed by atoms with Gasteiger partial charge in [-0.2, -0.15) is 0 Å². The molecule has 2 rings (SSSR count). The molecule has 0 aromatic heterocycles. The third kappa shape index (κ3) is 2.65. The first kappa shape index (κ1) is 16.9. The van der Waals surface area contributed by atoms with Gasteiger partial charge in [-0.25, -0.2) is 9.59 Å². The van der Waals surface area contributed by atoms with E-state index in [2.05, 4.69) is 0 Å². The average Bonchev–Trinajstić information content (AvgIpc) is 2.53. The number of hydrogen-bond donors (Lipinski definition) is 4. The molecule has 0 saturated carbocycles. The summed E-state index contributed by atoms with van der Waals surface area (Å²) in [4.78, 5) is 45.1. The summed E-state index contributed by atoms with van der Waals surface area (Å²) in [6.07, 6.45) is 4.36. The van der Waals surface area contributed by atoms with E-state index in [0.29, 0.717) is 0 Å². The Kier molecular flexibility index (Phi) is 4.23. The van der Waals surface area contributed by atoms with Gasteiger partial charge in [0.1, 0.15) is 0 Å². The third-order valence-corrected chi connectivity index (χ3v) is 3.74. The Labute approximate surface area is 135 Å². The maximum Gasteiger partial charge on any atom is 0.336 e. The van der Waals surface area contributed by atoms with Gasteiger partial charge in [0, 0.05) is 5.92 Å². The van der Waals surface area contributed by atoms with Crippen LogP contribution in [0.15, 0.2) is 42.5 Å². The van der Waals surface area contributed by atoms with Gasteiger partial charge in [-0.1, -0.05) is 36.4 Å². The van der Waals surface area contributed by atoms with Crippen molar-refractivity contribution in [3.05, 3.63) is 59.2 Å². The first-order valence-electron chi connectivity index (χ1n) is 6.65. The highest BCUT2D eigenvalue weighted by Crippen LogP contribution is 2.34. The molecular formula is C16H12O8. The maximum atomic E-state index is 11.4. The first-order valence-corrected chi connectivity index (χ1v) is 6.65. The minimum Gasteiger partial charge on any atom is -0.480 e. The Morgan fingerprint density at radius 3 is 1.79 bits per heavy atom. The second-order valence-electron chi connectivity index (χ2n) is 5.10. The predicted molar refractivity (Wildman–Crippen MR) is 79.1 cm³/mol. The van der Waals surface area contributed by atoms with Crippen LogP contribution < -0.4 is 0 Å². The molecular weight excluding hydrogens is 320 g/mol. The Balaban J connectivity index is 2.54. The molecule has 0 spiro atoms. The van der Waals surface area contributed by atoms with Crippen molar-refractivity contribution in [2.24, 2.45) is 5.41 Å². The highest BCUT2D eigenvalue weighted by atomic mass is 16.4. The fourth-order valence-corrected chi connectivity index (χ4v) is 2.48. The zero-order chi connectivity index (χ0) is 18.1. The molecule has 1 aromatic carbocycles. The second kappa shape index (κ2) is 5.99. The summed E-state index contributed by atoms with van der Waals surface area (Å²) in [6.45, 7) is 0. The molecule has 0 aliphatic heterocycles. The molecule has 0 radical (unpaired) electrons. The summed E-state index contributed by atoms with van der Waals surface area (Å²) >= 11 is 0. The van der Waals surface area contributed by atoms with Crippen molar-refractivity contribution in [2.75, 3.05) is 0 Å². The van der Waals surface area contributed by atoms with Crippen molar-refractivity contribution in [1.82, 2.24) is 0 Å². The van der Waals surface area contributed by atoms with Crippen molar-refractivity contribution in [3.63, 3.8) is 0 Å². The van der Waals surface area contributed by atoms with E-state index in [9.17, 15) is 24.3 Å². The Hall–Kier alpha value is -3.42. The number of benzene rings is 1. The number of carboxylic acid groups (broad SMARTS) is 4. The predicted octanol–water partition coefficient (Wildman–Crippen LogP) is 1.45. The summed E-state index contributed by atoms with van der Waals surface area (Å²) in [5, 5.41) is 36.7. The van der Waals surface area contributed by atoms with Gasteiger partial charge in [-0.15, -0.1) is 0 Å². The number of carbonyl (C=O) groups is 4. The summed E-state index contributed by atoms with van der Waals surface area (Å²) < 4.78 is 0. The Morgan fingerprint density at radius 2 is 1.38 bits per heavy atom. The molecule has 0 heterocycles. The van der Waals surface area contributed by atoms with Crippen LogP contribution in [0.5, 0.6) is 0 Å². The molecule has 0 atom stereocenters. The highest BCUT2D eigenvalue weighted by molar-refractivity contribution is 6.04. The molecule has 0 bridgehead atoms. The second-order valence-corrected chi connectivity index (χ2v) is 5.10. The lowest BCUT2D eigenvalue weighted by Gasteiger charge is -2.23. The molecule has 8 heteroatoms. The van der Waals surface area contributed by atoms with Crippen LogP contribution in [0.3, 0.4) is 0 Å². The first-order chi connectivity index (χ1) is 11.2. The van der Waals surface area contributed by atoms with Gasteiger partial charge in [-0.3, -0.25) is 9.59 Å². The Morgan fingerprint density at radius 1 is 0.833 bits per heavy atom. The van der Waals surface area contributed by atoms with Crippen molar-refractivity contribution < 1.29 is 39.6 Å². The lowest BCUT2D eigenvalue weighted by Crippen LogP contribution is -2.36. The zero-order valence-corrected chi connectivity index (χ0v) is 12.0. The van der Waals surface area contributed by atoms with E-state index in [1.54, 1.807) is 0 Å². The van der Waals surface area contributed by atoms with Gasteiger partial charge in [0.25, 0.3) is 0 Å². The van der Waals surface area contributed by atoms with Crippen LogP contribution in [0.1, 0.15) is 32.2 Å². The van der Waals surface area contributed by atoms with Crippen molar-refractivity contribution in [2.45, 2.75) is 5.92 Å². The van der Waals surface area contributed by atoms with Gasteiger partial charge in [-0.05, 0) is 11.6 Å². The van der Waals surface area contributed by atoms with Crippen LogP contribution >= 0.6 is 0 Å². The largest absolute Gasteiger partial charge is 0.480 e. The lowest BCUT2D eigenvalue weighted by molar-refractivity contribution is -0.157. The molecule has 0 amide bonds. The van der Waals surface area contributed by atoms with E-state index < -0.39 is 46.3 Å². The molecule has 0 fully saturated rings. The monoisotopic (exact) mass is 332 g/mol. The smallest absolute Gasteiger partial charge is 0.336 e. The van der Waals surface area contributed by atoms with E-state index in [4.69, 9.17) is 15.3 Å². The standard InChI is InChI=1S/C16H12O8/c17-12(18)10-3-1-2-9(11(10)13(19)20)8-4-6-16(7-5-8,14(21)22)15(23)24/h1-8H,(H,17,18)(H,19,20)(H,21,22)(H,23,24). The topological polar surface area (TPSA) is 149 Å². The average molecular weight is 332 g/mol. The van der Waals surface area contributed by atoms with Gasteiger partial charge in [0.15, 0.2) is 0 Å². The van der Waals surface area contributed by atoms with Crippen molar-refractivity contribution in [3.8, 4) is 0 Å². The SMILES string of the molecule is O=C(O)c1cccc(C2C=CC(C(=O)O)(C(=O)O)C=C2)c1C(=O)O. The molecule has 0 saturated heterocycles. The molecule has 4 N–H and O–H groups in total. The minimum atomic E-state index is -2.23. The molecule has 24 heavy (non-hydrogen) atoms. The van der Waals surface area contributed by atoms with Crippen LogP contribution in [-0.4, -0.2) is 44.3 Å². The normalized spacial score (nSPS) is 15.8. The van der Waals surface area contributed by atoms with Crippen LogP contribution in [0.2, 0.25) is 0 Å². The fraction of sp³-hybridized carbons (Fsp3) is 0.125. The number of carboxylic acids is 4. The van der Waals surface area contributed by atoms with E-state index in [0.717, 1.165) is 18.2 Å². The van der Waals surface area contributed by atoms with Gasteiger partial charge in [0.2, 0.25) is 5.41 Å². The molecule has 124 valence electrons. The van der Waals surface area contributed by atoms with Crippen LogP contribution in [0, 0.1) is 5.41 Å². The maximum absolute atomic E-state index is 11.4. The lowest BCUT2D eigenvalue weighted by atomic mass is 9.78. The van der Waals surface area contributed by atoms with Crippen molar-refractivity contribution >= 4 is 23.9 Å². The molecule has 1 aromatic rings. The van der Waals surface area contributed by atoms with Crippen LogP contribution in [0.25, 0.3) is 0 Å². The third-order valence-electron chi connectivity index (χ3n) is 3.74.